The van der Waals surface area contributed by atoms with Gasteiger partial charge in [0.15, 0.2) is 0 Å². The van der Waals surface area contributed by atoms with Crippen LogP contribution in [0.15, 0.2) is 17.5 Å². The van der Waals surface area contributed by atoms with Crippen LogP contribution in [0.1, 0.15) is 51.2 Å². The van der Waals surface area contributed by atoms with Crippen molar-refractivity contribution < 1.29 is 19.1 Å². The Balaban J connectivity index is 2.23. The third-order valence-electron chi connectivity index (χ3n) is 4.33. The molecule has 7 nitrogen and oxygen atoms in total. The van der Waals surface area contributed by atoms with E-state index in [2.05, 4.69) is 10.6 Å². The van der Waals surface area contributed by atoms with Crippen molar-refractivity contribution in [3.63, 3.8) is 0 Å². The minimum Gasteiger partial charge on any atom is -0.462 e. The van der Waals surface area contributed by atoms with Crippen LogP contribution in [0.5, 0.6) is 0 Å². The zero-order chi connectivity index (χ0) is 21.6. The molecule has 2 rings (SSSR count). The summed E-state index contributed by atoms with van der Waals surface area (Å²) in [6, 6.07) is 4.19. The molecule has 0 aromatic carbocycles. The van der Waals surface area contributed by atoms with E-state index in [1.54, 1.807) is 25.2 Å². The summed E-state index contributed by atoms with van der Waals surface area (Å²) in [7, 11) is 1.52. The number of hydrogen-bond donors (Lipinski definition) is 2. The first kappa shape index (κ1) is 23.1. The summed E-state index contributed by atoms with van der Waals surface area (Å²) >= 11 is 2.73. The topological polar surface area (TPSA) is 87.7 Å². The van der Waals surface area contributed by atoms with E-state index in [0.29, 0.717) is 22.0 Å². The summed E-state index contributed by atoms with van der Waals surface area (Å²) < 4.78 is 5.12. The molecule has 2 aromatic rings. The van der Waals surface area contributed by atoms with Crippen molar-refractivity contribution >= 4 is 45.5 Å². The molecule has 2 N–H and O–H groups in total. The Labute approximate surface area is 179 Å². The highest BCUT2D eigenvalue weighted by atomic mass is 32.1. The van der Waals surface area contributed by atoms with E-state index < -0.39 is 5.97 Å². The van der Waals surface area contributed by atoms with Crippen molar-refractivity contribution in [2.45, 2.75) is 40.3 Å². The van der Waals surface area contributed by atoms with Gasteiger partial charge in [-0.2, -0.15) is 0 Å². The van der Waals surface area contributed by atoms with E-state index in [1.807, 2.05) is 36.3 Å². The second-order valence-electron chi connectivity index (χ2n) is 6.69. The Bertz CT molecular complexity index is 859. The highest BCUT2D eigenvalue weighted by Crippen LogP contribution is 2.33. The molecular weight excluding hydrogens is 410 g/mol. The van der Waals surface area contributed by atoms with E-state index in [4.69, 9.17) is 4.74 Å². The summed E-state index contributed by atoms with van der Waals surface area (Å²) in [5, 5.41) is 7.72. The zero-order valence-electron chi connectivity index (χ0n) is 17.3. The van der Waals surface area contributed by atoms with Gasteiger partial charge in [-0.1, -0.05) is 6.07 Å². The minimum absolute atomic E-state index is 0.166. The van der Waals surface area contributed by atoms with Gasteiger partial charge >= 0.3 is 5.97 Å². The Morgan fingerprint density at radius 1 is 1.28 bits per heavy atom. The lowest BCUT2D eigenvalue weighted by molar-refractivity contribution is -0.117. The van der Waals surface area contributed by atoms with Crippen molar-refractivity contribution in [2.75, 3.05) is 25.5 Å². The number of nitrogens with zero attached hydrogens (tertiary/aromatic N) is 1. The average molecular weight is 438 g/mol. The van der Waals surface area contributed by atoms with Crippen molar-refractivity contribution in [2.24, 2.45) is 0 Å². The summed E-state index contributed by atoms with van der Waals surface area (Å²) in [5.41, 5.74) is 0.737. The third kappa shape index (κ3) is 5.88. The molecule has 0 atom stereocenters. The molecule has 2 heterocycles. The van der Waals surface area contributed by atoms with Crippen molar-refractivity contribution in [3.05, 3.63) is 38.4 Å². The molecule has 0 spiro atoms. The molecule has 0 aliphatic carbocycles. The van der Waals surface area contributed by atoms with Crippen LogP contribution in [-0.4, -0.2) is 48.9 Å². The molecule has 158 valence electrons. The van der Waals surface area contributed by atoms with E-state index in [-0.39, 0.29) is 36.6 Å². The SMILES string of the molecule is CCOC(=O)c1c(NC(=O)CN(Cc2cccs2)C(C)C)sc(C(=O)NC)c1C. The van der Waals surface area contributed by atoms with Crippen LogP contribution in [0.3, 0.4) is 0 Å². The van der Waals surface area contributed by atoms with Gasteiger partial charge in [0.2, 0.25) is 5.91 Å². The van der Waals surface area contributed by atoms with Crippen LogP contribution in [0.4, 0.5) is 5.00 Å². The lowest BCUT2D eigenvalue weighted by Crippen LogP contribution is -2.37. The molecule has 2 aromatic heterocycles. The normalized spacial score (nSPS) is 11.0. The van der Waals surface area contributed by atoms with Crippen LogP contribution >= 0.6 is 22.7 Å². The maximum absolute atomic E-state index is 12.8. The fourth-order valence-electron chi connectivity index (χ4n) is 2.76. The highest BCUT2D eigenvalue weighted by Gasteiger charge is 2.27. The standard InChI is InChI=1S/C20H27N3O4S2/c1-6-27-20(26)16-13(4)17(18(25)21-5)29-19(16)22-15(24)11-23(12(2)3)10-14-8-7-9-28-14/h7-9,12H,6,10-11H2,1-5H3,(H,21,25)(H,22,24). The second kappa shape index (κ2) is 10.5. The molecule has 0 unspecified atom stereocenters. The van der Waals surface area contributed by atoms with Crippen LogP contribution < -0.4 is 10.6 Å². The molecule has 2 amide bonds. The maximum Gasteiger partial charge on any atom is 0.341 e. The van der Waals surface area contributed by atoms with E-state index >= 15 is 0 Å². The van der Waals surface area contributed by atoms with Gasteiger partial charge in [0.1, 0.15) is 5.00 Å². The monoisotopic (exact) mass is 437 g/mol. The minimum atomic E-state index is -0.550. The van der Waals surface area contributed by atoms with Crippen molar-refractivity contribution in [1.82, 2.24) is 10.2 Å². The predicted molar refractivity (Wildman–Crippen MR) is 117 cm³/mol. The number of ether oxygens (including phenoxy) is 1. The molecule has 0 radical (unpaired) electrons. The summed E-state index contributed by atoms with van der Waals surface area (Å²) in [4.78, 5) is 40.9. The van der Waals surface area contributed by atoms with Gasteiger partial charge in [-0.25, -0.2) is 4.79 Å². The molecular formula is C20H27N3O4S2. The molecule has 0 fully saturated rings. The lowest BCUT2D eigenvalue weighted by Gasteiger charge is -2.25. The quantitative estimate of drug-likeness (QED) is 0.586. The molecule has 0 aliphatic heterocycles. The summed E-state index contributed by atoms with van der Waals surface area (Å²) in [6.45, 7) is 8.50. The molecule has 29 heavy (non-hydrogen) atoms. The molecule has 0 aliphatic rings. The Morgan fingerprint density at radius 3 is 2.55 bits per heavy atom. The number of carbonyl (C=O) groups excluding carboxylic acids is 3. The molecule has 0 saturated heterocycles. The van der Waals surface area contributed by atoms with Gasteiger partial charge in [-0.15, -0.1) is 22.7 Å². The molecule has 0 bridgehead atoms. The summed E-state index contributed by atoms with van der Waals surface area (Å²) in [6.07, 6.45) is 0. The number of rotatable bonds is 9. The fraction of sp³-hybridized carbons (Fsp3) is 0.450. The number of hydrogen-bond acceptors (Lipinski definition) is 7. The van der Waals surface area contributed by atoms with Gasteiger partial charge in [-0.3, -0.25) is 14.5 Å². The Hall–Kier alpha value is -2.23. The number of esters is 1. The van der Waals surface area contributed by atoms with E-state index in [0.717, 1.165) is 11.3 Å². The van der Waals surface area contributed by atoms with Gasteiger partial charge in [0.05, 0.1) is 23.6 Å². The van der Waals surface area contributed by atoms with Crippen LogP contribution in [0.2, 0.25) is 0 Å². The number of anilines is 1. The van der Waals surface area contributed by atoms with Gasteiger partial charge < -0.3 is 15.4 Å². The fourth-order valence-corrected chi connectivity index (χ4v) is 4.64. The predicted octanol–water partition coefficient (Wildman–Crippen LogP) is 3.50. The third-order valence-corrected chi connectivity index (χ3v) is 6.40. The molecule has 9 heteroatoms. The van der Waals surface area contributed by atoms with Crippen molar-refractivity contribution in [1.29, 1.82) is 0 Å². The zero-order valence-corrected chi connectivity index (χ0v) is 19.0. The van der Waals surface area contributed by atoms with Gasteiger partial charge in [0.25, 0.3) is 5.91 Å². The smallest absolute Gasteiger partial charge is 0.341 e. The number of nitrogens with one attached hydrogen (secondary N) is 2. The van der Waals surface area contributed by atoms with E-state index in [9.17, 15) is 14.4 Å². The Kier molecular flexibility index (Phi) is 8.36. The Morgan fingerprint density at radius 2 is 2.00 bits per heavy atom. The van der Waals surface area contributed by atoms with Gasteiger partial charge in [0, 0.05) is 24.5 Å². The first-order chi connectivity index (χ1) is 13.8. The second-order valence-corrected chi connectivity index (χ2v) is 8.74. The first-order valence-electron chi connectivity index (χ1n) is 9.37. The summed E-state index contributed by atoms with van der Waals surface area (Å²) in [5.74, 6) is -1.10. The first-order valence-corrected chi connectivity index (χ1v) is 11.1. The van der Waals surface area contributed by atoms with Crippen LogP contribution in [0.25, 0.3) is 0 Å². The largest absolute Gasteiger partial charge is 0.462 e. The molecule has 0 saturated carbocycles. The van der Waals surface area contributed by atoms with Crippen LogP contribution in [-0.2, 0) is 16.1 Å². The number of carbonyl (C=O) groups is 3. The van der Waals surface area contributed by atoms with Crippen molar-refractivity contribution in [3.8, 4) is 0 Å². The number of amides is 2. The lowest BCUT2D eigenvalue weighted by atomic mass is 10.1. The van der Waals surface area contributed by atoms with Crippen LogP contribution in [0, 0.1) is 6.92 Å². The number of thiophene rings is 2. The van der Waals surface area contributed by atoms with Gasteiger partial charge in [-0.05, 0) is 44.7 Å². The average Bonchev–Trinajstić information content (AvgIpc) is 3.28. The highest BCUT2D eigenvalue weighted by molar-refractivity contribution is 7.18. The van der Waals surface area contributed by atoms with E-state index in [1.165, 1.54) is 11.9 Å². The maximum atomic E-state index is 12.8.